The summed E-state index contributed by atoms with van der Waals surface area (Å²) >= 11 is 0. The molecular formula is C15H14N4. The van der Waals surface area contributed by atoms with Gasteiger partial charge in [0, 0.05) is 24.0 Å². The van der Waals surface area contributed by atoms with E-state index in [1.165, 1.54) is 0 Å². The molecule has 2 heterocycles. The molecule has 0 radical (unpaired) electrons. The lowest BCUT2D eigenvalue weighted by Gasteiger charge is -2.05. The molecule has 3 rings (SSSR count). The predicted molar refractivity (Wildman–Crippen MR) is 73.0 cm³/mol. The summed E-state index contributed by atoms with van der Waals surface area (Å²) in [6, 6.07) is 16.1. The second-order valence-corrected chi connectivity index (χ2v) is 4.27. The van der Waals surface area contributed by atoms with Crippen LogP contribution in [0.5, 0.6) is 0 Å². The predicted octanol–water partition coefficient (Wildman–Crippen LogP) is 2.45. The molecule has 0 aliphatic heterocycles. The van der Waals surface area contributed by atoms with Gasteiger partial charge in [-0.25, -0.2) is 0 Å². The first-order valence-electron chi connectivity index (χ1n) is 6.28. The van der Waals surface area contributed by atoms with E-state index in [0.29, 0.717) is 0 Å². The van der Waals surface area contributed by atoms with Crippen molar-refractivity contribution in [2.75, 3.05) is 0 Å². The number of nitrogens with zero attached hydrogens (tertiary/aromatic N) is 4. The van der Waals surface area contributed by atoms with E-state index >= 15 is 0 Å². The fourth-order valence-corrected chi connectivity index (χ4v) is 2.02. The van der Waals surface area contributed by atoms with Gasteiger partial charge < -0.3 is 0 Å². The Kier molecular flexibility index (Phi) is 3.32. The first-order valence-corrected chi connectivity index (χ1v) is 6.28. The van der Waals surface area contributed by atoms with Crippen molar-refractivity contribution < 1.29 is 0 Å². The number of hydrogen-bond donors (Lipinski definition) is 0. The second kappa shape index (κ2) is 5.44. The molecule has 2 aromatic heterocycles. The van der Waals surface area contributed by atoms with Crippen LogP contribution in [0.4, 0.5) is 0 Å². The van der Waals surface area contributed by atoms with Crippen molar-refractivity contribution in [3.05, 3.63) is 72.6 Å². The molecule has 0 unspecified atom stereocenters. The van der Waals surface area contributed by atoms with Crippen LogP contribution >= 0.6 is 0 Å². The molecule has 0 spiro atoms. The van der Waals surface area contributed by atoms with Gasteiger partial charge in [-0.2, -0.15) is 0 Å². The molecule has 1 aromatic carbocycles. The van der Waals surface area contributed by atoms with Gasteiger partial charge in [0.2, 0.25) is 0 Å². The minimum absolute atomic E-state index is 0.825. The van der Waals surface area contributed by atoms with Crippen molar-refractivity contribution in [3.63, 3.8) is 0 Å². The van der Waals surface area contributed by atoms with E-state index in [1.54, 1.807) is 6.33 Å². The zero-order chi connectivity index (χ0) is 12.9. The average Bonchev–Trinajstić information content (AvgIpc) is 2.95. The molecule has 94 valence electrons. The van der Waals surface area contributed by atoms with Gasteiger partial charge in [0.15, 0.2) is 0 Å². The highest BCUT2D eigenvalue weighted by Crippen LogP contribution is 2.10. The number of aryl methyl sites for hydroxylation is 2. The summed E-state index contributed by atoms with van der Waals surface area (Å²) in [5.74, 6) is 0.955. The number of rotatable bonds is 4. The van der Waals surface area contributed by atoms with E-state index < -0.39 is 0 Å². The van der Waals surface area contributed by atoms with Crippen molar-refractivity contribution in [2.24, 2.45) is 0 Å². The normalized spacial score (nSPS) is 10.5. The summed E-state index contributed by atoms with van der Waals surface area (Å²) < 4.78 is 2.02. The maximum Gasteiger partial charge on any atom is 0.137 e. The summed E-state index contributed by atoms with van der Waals surface area (Å²) in [5, 5.41) is 8.20. The van der Waals surface area contributed by atoms with Gasteiger partial charge in [-0.1, -0.05) is 24.3 Å². The maximum absolute atomic E-state index is 4.32. The molecule has 4 heteroatoms. The summed E-state index contributed by atoms with van der Waals surface area (Å²) in [4.78, 5) is 4.32. The molecule has 0 bridgehead atoms. The van der Waals surface area contributed by atoms with E-state index in [0.717, 1.165) is 30.0 Å². The summed E-state index contributed by atoms with van der Waals surface area (Å²) in [5.41, 5.74) is 2.16. The zero-order valence-corrected chi connectivity index (χ0v) is 10.5. The molecule has 0 aliphatic rings. The van der Waals surface area contributed by atoms with E-state index in [2.05, 4.69) is 15.2 Å². The lowest BCUT2D eigenvalue weighted by molar-refractivity contribution is 0.805. The molecule has 19 heavy (non-hydrogen) atoms. The smallest absolute Gasteiger partial charge is 0.137 e. The molecule has 0 fully saturated rings. The quantitative estimate of drug-likeness (QED) is 0.714. The Morgan fingerprint density at radius 3 is 2.53 bits per heavy atom. The number of hydrogen-bond acceptors (Lipinski definition) is 3. The van der Waals surface area contributed by atoms with E-state index in [-0.39, 0.29) is 0 Å². The van der Waals surface area contributed by atoms with Crippen LogP contribution in [0.15, 0.2) is 61.1 Å². The minimum atomic E-state index is 0.825. The third-order valence-corrected chi connectivity index (χ3v) is 2.98. The van der Waals surface area contributed by atoms with Crippen LogP contribution in [0, 0.1) is 0 Å². The van der Waals surface area contributed by atoms with Crippen LogP contribution in [0.3, 0.4) is 0 Å². The highest BCUT2D eigenvalue weighted by molar-refractivity contribution is 5.32. The molecule has 4 nitrogen and oxygen atoms in total. The van der Waals surface area contributed by atoms with Gasteiger partial charge in [0.25, 0.3) is 0 Å². The maximum atomic E-state index is 4.32. The Hall–Kier alpha value is -2.49. The lowest BCUT2D eigenvalue weighted by atomic mass is 10.2. The Balaban J connectivity index is 1.78. The average molecular weight is 250 g/mol. The monoisotopic (exact) mass is 250 g/mol. The molecular weight excluding hydrogens is 236 g/mol. The van der Waals surface area contributed by atoms with Crippen LogP contribution in [0.1, 0.15) is 11.5 Å². The van der Waals surface area contributed by atoms with Crippen molar-refractivity contribution in [1.29, 1.82) is 0 Å². The Labute approximate surface area is 111 Å². The standard InChI is InChI=1S/C15H14N4/c1-2-7-14(8-3-1)19-12-17-18-15(19)10-9-13-6-4-5-11-16-13/h1-8,11-12H,9-10H2. The highest BCUT2D eigenvalue weighted by atomic mass is 15.3. The van der Waals surface area contributed by atoms with Gasteiger partial charge in [0.05, 0.1) is 0 Å². The molecule has 0 N–H and O–H groups in total. The van der Waals surface area contributed by atoms with E-state index in [1.807, 2.05) is 59.3 Å². The largest absolute Gasteiger partial charge is 0.286 e. The van der Waals surface area contributed by atoms with Crippen LogP contribution in [-0.4, -0.2) is 19.7 Å². The Morgan fingerprint density at radius 2 is 1.74 bits per heavy atom. The van der Waals surface area contributed by atoms with Crippen molar-refractivity contribution in [2.45, 2.75) is 12.8 Å². The number of aromatic nitrogens is 4. The lowest BCUT2D eigenvalue weighted by Crippen LogP contribution is -2.03. The van der Waals surface area contributed by atoms with Crippen LogP contribution in [-0.2, 0) is 12.8 Å². The van der Waals surface area contributed by atoms with Gasteiger partial charge in [0.1, 0.15) is 12.2 Å². The number of pyridine rings is 1. The fourth-order valence-electron chi connectivity index (χ4n) is 2.02. The van der Waals surface area contributed by atoms with E-state index in [4.69, 9.17) is 0 Å². The molecule has 0 saturated carbocycles. The summed E-state index contributed by atoms with van der Waals surface area (Å²) in [6.07, 6.45) is 5.26. The SMILES string of the molecule is c1ccc(-n2cnnc2CCc2ccccn2)cc1. The summed E-state index contributed by atoms with van der Waals surface area (Å²) in [6.45, 7) is 0. The molecule has 0 aliphatic carbocycles. The summed E-state index contributed by atoms with van der Waals surface area (Å²) in [7, 11) is 0. The van der Waals surface area contributed by atoms with Crippen LogP contribution < -0.4 is 0 Å². The van der Waals surface area contributed by atoms with Gasteiger partial charge in [-0.05, 0) is 30.7 Å². The minimum Gasteiger partial charge on any atom is -0.286 e. The topological polar surface area (TPSA) is 43.6 Å². The van der Waals surface area contributed by atoms with Crippen molar-refractivity contribution in [3.8, 4) is 5.69 Å². The molecule has 0 amide bonds. The fraction of sp³-hybridized carbons (Fsp3) is 0.133. The van der Waals surface area contributed by atoms with Gasteiger partial charge >= 0.3 is 0 Å². The Morgan fingerprint density at radius 1 is 0.895 bits per heavy atom. The first-order chi connectivity index (χ1) is 9.43. The molecule has 3 aromatic rings. The first kappa shape index (κ1) is 11.6. The molecule has 0 saturated heterocycles. The molecule has 0 atom stereocenters. The highest BCUT2D eigenvalue weighted by Gasteiger charge is 2.06. The van der Waals surface area contributed by atoms with E-state index in [9.17, 15) is 0 Å². The van der Waals surface area contributed by atoms with Crippen LogP contribution in [0.2, 0.25) is 0 Å². The van der Waals surface area contributed by atoms with Crippen LogP contribution in [0.25, 0.3) is 5.69 Å². The number of benzene rings is 1. The van der Waals surface area contributed by atoms with Gasteiger partial charge in [-0.3, -0.25) is 9.55 Å². The number of para-hydroxylation sites is 1. The second-order valence-electron chi connectivity index (χ2n) is 4.27. The van der Waals surface area contributed by atoms with Crippen molar-refractivity contribution in [1.82, 2.24) is 19.7 Å². The zero-order valence-electron chi connectivity index (χ0n) is 10.5. The third-order valence-electron chi connectivity index (χ3n) is 2.98. The third kappa shape index (κ3) is 2.68. The Bertz CT molecular complexity index is 632. The van der Waals surface area contributed by atoms with Gasteiger partial charge in [-0.15, -0.1) is 10.2 Å². The van der Waals surface area contributed by atoms with Crippen molar-refractivity contribution >= 4 is 0 Å².